The first-order valence-electron chi connectivity index (χ1n) is 15.5. The van der Waals surface area contributed by atoms with E-state index in [-0.39, 0.29) is 43.1 Å². The van der Waals surface area contributed by atoms with Gasteiger partial charge in [0, 0.05) is 38.3 Å². The van der Waals surface area contributed by atoms with E-state index in [1.165, 1.54) is 42.7 Å². The number of nitrogens with two attached hydrogens (primary N) is 1. The molecule has 1 amide bonds. The second-order valence-electron chi connectivity index (χ2n) is 13.2. The molecule has 0 rings (SSSR count). The summed E-state index contributed by atoms with van der Waals surface area (Å²) in [5, 5.41) is 3.09. The molecule has 0 aromatic carbocycles. The Bertz CT molecular complexity index is 814. The molecule has 0 aromatic heterocycles. The highest BCUT2D eigenvalue weighted by atomic mass is 35.5. The summed E-state index contributed by atoms with van der Waals surface area (Å²) in [5.74, 6) is 0.0460. The Balaban J connectivity index is -0.00000241. The molecule has 8 heteroatoms. The third-order valence-electron chi connectivity index (χ3n) is 7.52. The van der Waals surface area contributed by atoms with Crippen LogP contribution in [0.25, 0.3) is 0 Å². The number of carbonyl (C=O) groups is 1. The lowest BCUT2D eigenvalue weighted by molar-refractivity contribution is -0.896. The van der Waals surface area contributed by atoms with Gasteiger partial charge in [0.15, 0.2) is 0 Å². The molecule has 0 aliphatic carbocycles. The minimum absolute atomic E-state index is 0. The largest absolute Gasteiger partial charge is 1.00 e. The van der Waals surface area contributed by atoms with Crippen LogP contribution in [-0.2, 0) is 4.79 Å². The van der Waals surface area contributed by atoms with E-state index in [1.54, 1.807) is 6.08 Å². The molecule has 250 valence electrons. The maximum Gasteiger partial charge on any atom is 0.243 e. The highest BCUT2D eigenvalue weighted by Gasteiger charge is 2.17. The smallest absolute Gasteiger partial charge is 0.243 e. The lowest BCUT2D eigenvalue weighted by atomic mass is 10.0. The first-order valence-corrected chi connectivity index (χ1v) is 15.5. The molecule has 5 nitrogen and oxygen atoms in total. The Hall–Kier alpha value is -0.820. The molecule has 0 bridgehead atoms. The van der Waals surface area contributed by atoms with Crippen molar-refractivity contribution in [3.8, 4) is 0 Å². The fourth-order valence-electron chi connectivity index (χ4n) is 4.77. The summed E-state index contributed by atoms with van der Waals surface area (Å²) in [6.07, 6.45) is 19.9. The molecule has 0 radical (unpaired) electrons. The predicted octanol–water partition coefficient (Wildman–Crippen LogP) is -2.07. The van der Waals surface area contributed by atoms with Crippen LogP contribution in [-0.4, -0.2) is 82.3 Å². The number of rotatable bonds is 22. The van der Waals surface area contributed by atoms with Gasteiger partial charge in [0.25, 0.3) is 0 Å². The first-order chi connectivity index (χ1) is 18.3. The number of halogens is 3. The standard InChI is InChI=1S/C34H65N4O.3ClH/c1-30(2)17-12-18-31(3)19-13-20-32(4)21-14-22-33(5)29-34(39)36-24-16-28-38(8,9)26-11-10-25-37(6,7)27-15-23-35;;;/h17,19,21,29H,10-16,18,20,22-28,35H2,1-9H3;3*1H/q+1;;;/p-2/b31-19+,32-21+,33-29+;;;. The van der Waals surface area contributed by atoms with E-state index in [2.05, 4.69) is 86.4 Å². The summed E-state index contributed by atoms with van der Waals surface area (Å²) in [6.45, 7) is 17.0. The topological polar surface area (TPSA) is 55.1 Å². The van der Waals surface area contributed by atoms with Crippen molar-refractivity contribution >= 4 is 5.91 Å². The van der Waals surface area contributed by atoms with Crippen molar-refractivity contribution in [2.75, 3.05) is 67.5 Å². The van der Waals surface area contributed by atoms with Crippen molar-refractivity contribution in [3.63, 3.8) is 0 Å². The zero-order valence-corrected chi connectivity index (χ0v) is 30.9. The second kappa shape index (κ2) is 27.7. The number of quaternary nitrogens is 2. The molecule has 0 atom stereocenters. The average Bonchev–Trinajstić information content (AvgIpc) is 2.83. The monoisotopic (exact) mass is 651 g/mol. The van der Waals surface area contributed by atoms with Crippen LogP contribution in [0.2, 0.25) is 0 Å². The molecule has 0 fully saturated rings. The van der Waals surface area contributed by atoms with Gasteiger partial charge in [-0.25, -0.2) is 0 Å². The summed E-state index contributed by atoms with van der Waals surface area (Å²) >= 11 is 0. The van der Waals surface area contributed by atoms with Crippen molar-refractivity contribution in [1.29, 1.82) is 0 Å². The van der Waals surface area contributed by atoms with E-state index in [9.17, 15) is 4.79 Å². The van der Waals surface area contributed by atoms with E-state index in [1.807, 2.05) is 0 Å². The Labute approximate surface area is 279 Å². The third kappa shape index (κ3) is 30.6. The van der Waals surface area contributed by atoms with Crippen LogP contribution in [0.3, 0.4) is 0 Å². The summed E-state index contributed by atoms with van der Waals surface area (Å²) in [7, 11) is 9.22. The fraction of sp³-hybridized carbons (Fsp3) is 0.735. The molecule has 0 aliphatic rings. The number of allylic oxidation sites excluding steroid dienone is 7. The number of hydrogen-bond donors (Lipinski definition) is 2. The van der Waals surface area contributed by atoms with Crippen molar-refractivity contribution in [2.45, 2.75) is 98.8 Å². The van der Waals surface area contributed by atoms with E-state index >= 15 is 0 Å². The summed E-state index contributed by atoms with van der Waals surface area (Å²) in [4.78, 5) is 12.3. The van der Waals surface area contributed by atoms with E-state index < -0.39 is 0 Å². The van der Waals surface area contributed by atoms with Crippen molar-refractivity contribution in [3.05, 3.63) is 46.6 Å². The van der Waals surface area contributed by atoms with Gasteiger partial charge in [-0.2, -0.15) is 0 Å². The van der Waals surface area contributed by atoms with Gasteiger partial charge < -0.3 is 57.2 Å². The minimum atomic E-state index is 0. The number of amides is 1. The van der Waals surface area contributed by atoms with Crippen molar-refractivity contribution in [1.82, 2.24) is 5.32 Å². The number of nitrogens with one attached hydrogen (secondary N) is 1. The third-order valence-corrected chi connectivity index (χ3v) is 7.52. The average molecular weight is 653 g/mol. The van der Waals surface area contributed by atoms with Crippen LogP contribution in [0.5, 0.6) is 0 Å². The fourth-order valence-corrected chi connectivity index (χ4v) is 4.77. The van der Waals surface area contributed by atoms with Crippen LogP contribution in [0.1, 0.15) is 98.8 Å². The van der Waals surface area contributed by atoms with Gasteiger partial charge in [-0.3, -0.25) is 4.79 Å². The van der Waals surface area contributed by atoms with Gasteiger partial charge in [-0.05, 0) is 79.7 Å². The maximum atomic E-state index is 12.3. The summed E-state index contributed by atoms with van der Waals surface area (Å²) in [5.41, 5.74) is 11.1. The SMILES string of the molecule is CC(C)=CCC/C(C)=C/CC/C(C)=C/CC/C(C)=C/C(=O)NCCC[N+](C)(C)CCCC[N+](C)(C)CCCN.[Cl-].[Cl-].[Cl-]. The molecule has 3 N–H and O–H groups in total. The molecule has 0 aromatic rings. The Kier molecular flexibility index (Phi) is 31.7. The molecule has 0 saturated heterocycles. The van der Waals surface area contributed by atoms with Crippen LogP contribution in [0.15, 0.2) is 46.6 Å². The van der Waals surface area contributed by atoms with Crippen molar-refractivity contribution in [2.24, 2.45) is 5.73 Å². The van der Waals surface area contributed by atoms with Crippen molar-refractivity contribution < 1.29 is 51.0 Å². The van der Waals surface area contributed by atoms with Gasteiger partial charge in [-0.1, -0.05) is 40.5 Å². The van der Waals surface area contributed by atoms with Gasteiger partial charge in [-0.15, -0.1) is 0 Å². The Morgan fingerprint density at radius 2 is 1.02 bits per heavy atom. The van der Waals surface area contributed by atoms with Crippen LogP contribution in [0, 0.1) is 0 Å². The first kappa shape index (κ1) is 48.1. The van der Waals surface area contributed by atoms with Crippen LogP contribution >= 0.6 is 0 Å². The number of hydrogen-bond acceptors (Lipinski definition) is 2. The Morgan fingerprint density at radius 3 is 1.48 bits per heavy atom. The van der Waals surface area contributed by atoms with E-state index in [0.29, 0.717) is 0 Å². The van der Waals surface area contributed by atoms with Crippen LogP contribution in [0.4, 0.5) is 0 Å². The molecule has 0 unspecified atom stereocenters. The number of carbonyl (C=O) groups excluding carboxylic acids is 1. The van der Waals surface area contributed by atoms with E-state index in [4.69, 9.17) is 5.73 Å². The number of nitrogens with zero attached hydrogens (tertiary/aromatic N) is 2. The molecule has 0 aliphatic heterocycles. The highest BCUT2D eigenvalue weighted by Crippen LogP contribution is 2.13. The molecule has 42 heavy (non-hydrogen) atoms. The zero-order valence-electron chi connectivity index (χ0n) is 28.6. The van der Waals surface area contributed by atoms with Gasteiger partial charge >= 0.3 is 0 Å². The lowest BCUT2D eigenvalue weighted by Crippen LogP contribution is -3.00. The number of unbranched alkanes of at least 4 members (excludes halogenated alkanes) is 1. The predicted molar refractivity (Wildman–Crippen MR) is 173 cm³/mol. The maximum absolute atomic E-state index is 12.3. The normalized spacial score (nSPS) is 12.6. The molecular formula is C34H66Cl3N4O-. The Morgan fingerprint density at radius 1 is 0.619 bits per heavy atom. The van der Waals surface area contributed by atoms with Gasteiger partial charge in [0.2, 0.25) is 5.91 Å². The summed E-state index contributed by atoms with van der Waals surface area (Å²) in [6, 6.07) is 0. The van der Waals surface area contributed by atoms with Gasteiger partial charge in [0.1, 0.15) is 0 Å². The molecule has 0 saturated carbocycles. The molecule has 0 heterocycles. The molecule has 0 spiro atoms. The van der Waals surface area contributed by atoms with Crippen LogP contribution < -0.4 is 48.3 Å². The summed E-state index contributed by atoms with van der Waals surface area (Å²) < 4.78 is 2.08. The highest BCUT2D eigenvalue weighted by molar-refractivity contribution is 5.88. The lowest BCUT2D eigenvalue weighted by Gasteiger charge is -2.32. The van der Waals surface area contributed by atoms with Gasteiger partial charge in [0.05, 0.1) is 54.4 Å². The minimum Gasteiger partial charge on any atom is -1.00 e. The zero-order chi connectivity index (χ0) is 29.7. The van der Waals surface area contributed by atoms with E-state index in [0.717, 1.165) is 92.1 Å². The quantitative estimate of drug-likeness (QED) is 0.0612. The second-order valence-corrected chi connectivity index (χ2v) is 13.2. The molecular weight excluding hydrogens is 587 g/mol.